The zero-order valence-corrected chi connectivity index (χ0v) is 10.8. The van der Waals surface area contributed by atoms with Crippen LogP contribution < -0.4 is 15.4 Å². The van der Waals surface area contributed by atoms with Crippen molar-refractivity contribution < 1.29 is 9.84 Å². The summed E-state index contributed by atoms with van der Waals surface area (Å²) in [6.07, 6.45) is 4.42. The van der Waals surface area contributed by atoms with Gasteiger partial charge in [0.15, 0.2) is 5.82 Å². The SMILES string of the molecule is COc1ccc(N)c(N2CCCCCC2CO)n1. The number of nitrogens with two attached hydrogens (primary N) is 1. The minimum atomic E-state index is 0.106. The highest BCUT2D eigenvalue weighted by Crippen LogP contribution is 2.29. The van der Waals surface area contributed by atoms with Crippen molar-refractivity contribution in [1.82, 2.24) is 4.98 Å². The summed E-state index contributed by atoms with van der Waals surface area (Å²) in [6.45, 7) is 1.02. The number of aromatic nitrogens is 1. The van der Waals surface area contributed by atoms with Gasteiger partial charge in [0.1, 0.15) is 0 Å². The number of nitrogens with zero attached hydrogens (tertiary/aromatic N) is 2. The molecule has 0 aromatic carbocycles. The number of nitrogen functional groups attached to an aromatic ring is 1. The van der Waals surface area contributed by atoms with Gasteiger partial charge >= 0.3 is 0 Å². The Balaban J connectivity index is 2.31. The maximum atomic E-state index is 9.52. The number of pyridine rings is 1. The minimum Gasteiger partial charge on any atom is -0.481 e. The molecule has 18 heavy (non-hydrogen) atoms. The van der Waals surface area contributed by atoms with Crippen LogP contribution >= 0.6 is 0 Å². The largest absolute Gasteiger partial charge is 0.481 e. The molecule has 1 aromatic rings. The molecule has 100 valence electrons. The van der Waals surface area contributed by atoms with Crippen LogP contribution in [0, 0.1) is 0 Å². The van der Waals surface area contributed by atoms with E-state index in [2.05, 4.69) is 9.88 Å². The van der Waals surface area contributed by atoms with Crippen molar-refractivity contribution in [2.75, 3.05) is 30.9 Å². The predicted molar refractivity (Wildman–Crippen MR) is 71.9 cm³/mol. The van der Waals surface area contributed by atoms with Gasteiger partial charge in [-0.15, -0.1) is 0 Å². The lowest BCUT2D eigenvalue weighted by Gasteiger charge is -2.30. The molecule has 5 nitrogen and oxygen atoms in total. The van der Waals surface area contributed by atoms with Crippen molar-refractivity contribution in [2.45, 2.75) is 31.7 Å². The van der Waals surface area contributed by atoms with Crippen molar-refractivity contribution >= 4 is 11.5 Å². The molecule has 2 heterocycles. The number of aliphatic hydroxyl groups excluding tert-OH is 1. The number of anilines is 2. The standard InChI is InChI=1S/C13H21N3O2/c1-18-12-7-6-11(14)13(15-12)16-8-4-2-3-5-10(16)9-17/h6-7,10,17H,2-5,8-9,14H2,1H3. The van der Waals surface area contributed by atoms with E-state index in [1.54, 1.807) is 19.2 Å². The summed E-state index contributed by atoms with van der Waals surface area (Å²) in [5.41, 5.74) is 6.64. The van der Waals surface area contributed by atoms with Crippen LogP contribution in [0.25, 0.3) is 0 Å². The molecule has 0 amide bonds. The van der Waals surface area contributed by atoms with E-state index >= 15 is 0 Å². The van der Waals surface area contributed by atoms with Crippen molar-refractivity contribution in [3.05, 3.63) is 12.1 Å². The van der Waals surface area contributed by atoms with Crippen LogP contribution in [-0.4, -0.2) is 36.4 Å². The molecule has 0 saturated carbocycles. The molecule has 5 heteroatoms. The lowest BCUT2D eigenvalue weighted by Crippen LogP contribution is -2.38. The maximum Gasteiger partial charge on any atom is 0.215 e. The Bertz CT molecular complexity index is 398. The van der Waals surface area contributed by atoms with E-state index in [1.165, 1.54) is 6.42 Å². The Morgan fingerprint density at radius 2 is 2.28 bits per heavy atom. The molecule has 0 bridgehead atoms. The molecular formula is C13H21N3O2. The summed E-state index contributed by atoms with van der Waals surface area (Å²) in [4.78, 5) is 6.54. The number of hydrogen-bond acceptors (Lipinski definition) is 5. The lowest BCUT2D eigenvalue weighted by molar-refractivity contribution is 0.254. The molecule has 1 atom stereocenters. The van der Waals surface area contributed by atoms with Gasteiger partial charge in [-0.25, -0.2) is 0 Å². The minimum absolute atomic E-state index is 0.106. The molecule has 1 aromatic heterocycles. The van der Waals surface area contributed by atoms with Crippen molar-refractivity contribution in [2.24, 2.45) is 0 Å². The van der Waals surface area contributed by atoms with Gasteiger partial charge in [-0.1, -0.05) is 12.8 Å². The quantitative estimate of drug-likeness (QED) is 0.850. The molecule has 1 aliphatic rings. The second kappa shape index (κ2) is 5.91. The third-order valence-electron chi connectivity index (χ3n) is 3.45. The molecule has 0 aliphatic carbocycles. The van der Waals surface area contributed by atoms with E-state index in [1.807, 2.05) is 0 Å². The number of ether oxygens (including phenoxy) is 1. The number of rotatable bonds is 3. The Morgan fingerprint density at radius 1 is 1.44 bits per heavy atom. The monoisotopic (exact) mass is 251 g/mol. The molecule has 1 aliphatic heterocycles. The third-order valence-corrected chi connectivity index (χ3v) is 3.45. The van der Waals surface area contributed by atoms with E-state index in [-0.39, 0.29) is 12.6 Å². The first-order chi connectivity index (χ1) is 8.76. The Labute approximate surface area is 108 Å². The first kappa shape index (κ1) is 13.0. The smallest absolute Gasteiger partial charge is 0.215 e. The summed E-state index contributed by atoms with van der Waals surface area (Å²) in [5, 5.41) is 9.52. The third kappa shape index (κ3) is 2.67. The Morgan fingerprint density at radius 3 is 3.00 bits per heavy atom. The zero-order chi connectivity index (χ0) is 13.0. The second-order valence-electron chi connectivity index (χ2n) is 4.65. The van der Waals surface area contributed by atoms with Gasteiger partial charge in [0, 0.05) is 12.6 Å². The van der Waals surface area contributed by atoms with Gasteiger partial charge < -0.3 is 20.5 Å². The highest BCUT2D eigenvalue weighted by atomic mass is 16.5. The fourth-order valence-electron chi connectivity index (χ4n) is 2.43. The van der Waals surface area contributed by atoms with Crippen molar-refractivity contribution in [1.29, 1.82) is 0 Å². The van der Waals surface area contributed by atoms with Crippen LogP contribution in [0.1, 0.15) is 25.7 Å². The highest BCUT2D eigenvalue weighted by Gasteiger charge is 2.23. The van der Waals surface area contributed by atoms with Crippen LogP contribution in [-0.2, 0) is 0 Å². The summed E-state index contributed by atoms with van der Waals surface area (Å²) < 4.78 is 5.14. The lowest BCUT2D eigenvalue weighted by atomic mass is 10.1. The normalized spacial score (nSPS) is 20.6. The summed E-state index contributed by atoms with van der Waals surface area (Å²) in [7, 11) is 1.59. The van der Waals surface area contributed by atoms with Crippen LogP contribution in [0.5, 0.6) is 5.88 Å². The Hall–Kier alpha value is -1.49. The molecular weight excluding hydrogens is 230 g/mol. The summed E-state index contributed by atoms with van der Waals surface area (Å²) in [6, 6.07) is 3.67. The number of methoxy groups -OCH3 is 1. The molecule has 0 radical (unpaired) electrons. The van der Waals surface area contributed by atoms with Crippen LogP contribution in [0.2, 0.25) is 0 Å². The van der Waals surface area contributed by atoms with Crippen LogP contribution in [0.3, 0.4) is 0 Å². The van der Waals surface area contributed by atoms with Gasteiger partial charge in [-0.05, 0) is 18.9 Å². The van der Waals surface area contributed by atoms with E-state index in [4.69, 9.17) is 10.5 Å². The maximum absolute atomic E-state index is 9.52. The van der Waals surface area contributed by atoms with Gasteiger partial charge in [0.2, 0.25) is 5.88 Å². The molecule has 2 rings (SSSR count). The fraction of sp³-hybridized carbons (Fsp3) is 0.615. The average molecular weight is 251 g/mol. The summed E-state index contributed by atoms with van der Waals surface area (Å²) in [5.74, 6) is 1.29. The van der Waals surface area contributed by atoms with E-state index in [0.29, 0.717) is 11.6 Å². The van der Waals surface area contributed by atoms with Crippen LogP contribution in [0.4, 0.5) is 11.5 Å². The van der Waals surface area contributed by atoms with E-state index in [9.17, 15) is 5.11 Å². The molecule has 0 spiro atoms. The first-order valence-corrected chi connectivity index (χ1v) is 6.44. The van der Waals surface area contributed by atoms with Crippen molar-refractivity contribution in [3.63, 3.8) is 0 Å². The topological polar surface area (TPSA) is 71.6 Å². The number of hydrogen-bond donors (Lipinski definition) is 2. The van der Waals surface area contributed by atoms with Crippen molar-refractivity contribution in [3.8, 4) is 5.88 Å². The van der Waals surface area contributed by atoms with Gasteiger partial charge in [0.25, 0.3) is 0 Å². The Kier molecular flexibility index (Phi) is 4.25. The molecule has 1 fully saturated rings. The number of aliphatic hydroxyl groups is 1. The molecule has 3 N–H and O–H groups in total. The van der Waals surface area contributed by atoms with E-state index < -0.39 is 0 Å². The zero-order valence-electron chi connectivity index (χ0n) is 10.8. The summed E-state index contributed by atoms with van der Waals surface area (Å²) >= 11 is 0. The van der Waals surface area contributed by atoms with Gasteiger partial charge in [-0.2, -0.15) is 4.98 Å². The van der Waals surface area contributed by atoms with Gasteiger partial charge in [0.05, 0.1) is 25.4 Å². The van der Waals surface area contributed by atoms with Gasteiger partial charge in [-0.3, -0.25) is 0 Å². The highest BCUT2D eigenvalue weighted by molar-refractivity contribution is 5.64. The molecule has 1 saturated heterocycles. The fourth-order valence-corrected chi connectivity index (χ4v) is 2.43. The van der Waals surface area contributed by atoms with Crippen LogP contribution in [0.15, 0.2) is 12.1 Å². The average Bonchev–Trinajstić information content (AvgIpc) is 2.64. The van der Waals surface area contributed by atoms with E-state index in [0.717, 1.165) is 31.6 Å². The predicted octanol–water partition coefficient (Wildman–Crippen LogP) is 1.41. The first-order valence-electron chi connectivity index (χ1n) is 6.44. The second-order valence-corrected chi connectivity index (χ2v) is 4.65. The molecule has 1 unspecified atom stereocenters.